The van der Waals surface area contributed by atoms with E-state index < -0.39 is 11.6 Å². The average molecular weight is 355 g/mol. The van der Waals surface area contributed by atoms with Gasteiger partial charge in [0.1, 0.15) is 0 Å². The summed E-state index contributed by atoms with van der Waals surface area (Å²) in [5.74, 6) is -0.528. The van der Waals surface area contributed by atoms with Gasteiger partial charge in [0.05, 0.1) is 0 Å². The molecule has 1 atom stereocenters. The maximum absolute atomic E-state index is 14.0. The minimum absolute atomic E-state index is 0.124. The molecule has 2 N–H and O–H groups in total. The Hall–Kier alpha value is -3.03. The first-order chi connectivity index (χ1) is 12.6. The highest BCUT2D eigenvalue weighted by molar-refractivity contribution is 6.07. The molecule has 2 aromatic heterocycles. The highest BCUT2D eigenvalue weighted by Crippen LogP contribution is 2.39. The van der Waals surface area contributed by atoms with Crippen LogP contribution in [0.4, 0.5) is 15.0 Å². The molecule has 0 radical (unpaired) electrons. The second-order valence-corrected chi connectivity index (χ2v) is 6.53. The lowest BCUT2D eigenvalue weighted by atomic mass is 9.73. The molecular formula is C18H18FN5O2. The molecule has 2 aliphatic rings. The van der Waals surface area contributed by atoms with Crippen molar-refractivity contribution in [2.24, 2.45) is 5.92 Å². The first-order valence-corrected chi connectivity index (χ1v) is 8.51. The van der Waals surface area contributed by atoms with Crippen LogP contribution >= 0.6 is 0 Å². The zero-order chi connectivity index (χ0) is 18.1. The van der Waals surface area contributed by atoms with E-state index in [2.05, 4.69) is 20.6 Å². The normalized spacial score (nSPS) is 23.7. The van der Waals surface area contributed by atoms with Crippen LogP contribution in [0.2, 0.25) is 0 Å². The highest BCUT2D eigenvalue weighted by atomic mass is 19.1. The van der Waals surface area contributed by atoms with Gasteiger partial charge in [0.2, 0.25) is 0 Å². The Morgan fingerprint density at radius 1 is 1.15 bits per heavy atom. The molecule has 0 bridgehead atoms. The van der Waals surface area contributed by atoms with E-state index >= 15 is 0 Å². The zero-order valence-electron chi connectivity index (χ0n) is 14.0. The van der Waals surface area contributed by atoms with Crippen LogP contribution in [-0.4, -0.2) is 35.0 Å². The molecular weight excluding hydrogens is 337 g/mol. The Morgan fingerprint density at radius 2 is 1.92 bits per heavy atom. The number of urea groups is 1. The van der Waals surface area contributed by atoms with Crippen molar-refractivity contribution in [3.8, 4) is 0 Å². The monoisotopic (exact) mass is 355 g/mol. The van der Waals surface area contributed by atoms with Gasteiger partial charge in [-0.3, -0.25) is 15.1 Å². The van der Waals surface area contributed by atoms with Crippen molar-refractivity contribution in [2.45, 2.75) is 18.4 Å². The van der Waals surface area contributed by atoms with Crippen molar-refractivity contribution in [3.63, 3.8) is 0 Å². The third kappa shape index (κ3) is 2.58. The fourth-order valence-electron chi connectivity index (χ4n) is 3.93. The number of rotatable bonds is 3. The second-order valence-electron chi connectivity index (χ2n) is 6.53. The molecule has 8 heteroatoms. The fraction of sp³-hybridized carbons (Fsp3) is 0.333. The van der Waals surface area contributed by atoms with E-state index in [-0.39, 0.29) is 17.6 Å². The standard InChI is InChI=1S/C18H18FN5O2/c19-14-4-2-8-21-15(14)24-9-5-12(6-10-24)18(13-3-1-7-20-11-13)16(25)22-17(26)23-18/h1-4,7-8,11-12H,5-6,9-10H2,(H2,22,23,25,26)/t18-/m1/s1. The molecule has 26 heavy (non-hydrogen) atoms. The van der Waals surface area contributed by atoms with Gasteiger partial charge in [-0.05, 0) is 37.0 Å². The van der Waals surface area contributed by atoms with Crippen molar-refractivity contribution >= 4 is 17.8 Å². The number of carbonyl (C=O) groups is 2. The number of halogens is 1. The number of aromatic nitrogens is 2. The molecule has 2 aromatic rings. The van der Waals surface area contributed by atoms with Gasteiger partial charge in [-0.25, -0.2) is 14.2 Å². The summed E-state index contributed by atoms with van der Waals surface area (Å²) in [7, 11) is 0. The van der Waals surface area contributed by atoms with E-state index in [1.54, 1.807) is 36.8 Å². The van der Waals surface area contributed by atoms with E-state index in [1.807, 2.05) is 4.90 Å². The molecule has 0 spiro atoms. The van der Waals surface area contributed by atoms with Gasteiger partial charge >= 0.3 is 6.03 Å². The minimum Gasteiger partial charge on any atom is -0.354 e. The van der Waals surface area contributed by atoms with Crippen LogP contribution in [0.3, 0.4) is 0 Å². The molecule has 134 valence electrons. The lowest BCUT2D eigenvalue weighted by Crippen LogP contribution is -2.53. The molecule has 4 heterocycles. The summed E-state index contributed by atoms with van der Waals surface area (Å²) in [6.07, 6.45) is 6.01. The first kappa shape index (κ1) is 16.4. The van der Waals surface area contributed by atoms with Gasteiger partial charge in [0.25, 0.3) is 5.91 Å². The lowest BCUT2D eigenvalue weighted by molar-refractivity contribution is -0.126. The van der Waals surface area contributed by atoms with Crippen LogP contribution in [0.15, 0.2) is 42.9 Å². The topological polar surface area (TPSA) is 87.2 Å². The van der Waals surface area contributed by atoms with Gasteiger partial charge in [0, 0.05) is 37.2 Å². The van der Waals surface area contributed by atoms with Crippen LogP contribution in [0, 0.1) is 11.7 Å². The summed E-state index contributed by atoms with van der Waals surface area (Å²) in [4.78, 5) is 34.7. The number of pyridine rings is 2. The zero-order valence-corrected chi connectivity index (χ0v) is 14.0. The van der Waals surface area contributed by atoms with Crippen molar-refractivity contribution in [1.29, 1.82) is 0 Å². The molecule has 2 aliphatic heterocycles. The summed E-state index contributed by atoms with van der Waals surface area (Å²) in [5, 5.41) is 5.17. The van der Waals surface area contributed by atoms with Gasteiger partial charge in [0.15, 0.2) is 17.2 Å². The van der Waals surface area contributed by atoms with Crippen LogP contribution in [0.25, 0.3) is 0 Å². The maximum Gasteiger partial charge on any atom is 0.322 e. The molecule has 0 saturated carbocycles. The SMILES string of the molecule is O=C1NC(=O)[C@](c2cccnc2)(C2CCN(c3ncccc3F)CC2)N1. The number of anilines is 1. The van der Waals surface area contributed by atoms with Crippen molar-refractivity contribution in [1.82, 2.24) is 20.6 Å². The Labute approximate surface area is 149 Å². The smallest absolute Gasteiger partial charge is 0.322 e. The summed E-state index contributed by atoms with van der Waals surface area (Å²) >= 11 is 0. The van der Waals surface area contributed by atoms with Crippen LogP contribution in [0.5, 0.6) is 0 Å². The number of hydrogen-bond acceptors (Lipinski definition) is 5. The molecule has 3 amide bonds. The Bertz CT molecular complexity index is 838. The summed E-state index contributed by atoms with van der Waals surface area (Å²) in [6, 6.07) is 5.98. The number of piperidine rings is 1. The van der Waals surface area contributed by atoms with E-state index in [4.69, 9.17) is 0 Å². The summed E-state index contributed by atoms with van der Waals surface area (Å²) in [6.45, 7) is 1.09. The van der Waals surface area contributed by atoms with Crippen molar-refractivity contribution in [3.05, 3.63) is 54.2 Å². The summed E-state index contributed by atoms with van der Waals surface area (Å²) in [5.41, 5.74) is -0.481. The molecule has 4 rings (SSSR count). The quantitative estimate of drug-likeness (QED) is 0.816. The lowest BCUT2D eigenvalue weighted by Gasteiger charge is -2.41. The molecule has 2 saturated heterocycles. The summed E-state index contributed by atoms with van der Waals surface area (Å²) < 4.78 is 14.0. The predicted molar refractivity (Wildman–Crippen MR) is 91.7 cm³/mol. The van der Waals surface area contributed by atoms with Crippen LogP contribution in [0.1, 0.15) is 18.4 Å². The molecule has 0 aromatic carbocycles. The van der Waals surface area contributed by atoms with Crippen LogP contribution < -0.4 is 15.5 Å². The van der Waals surface area contributed by atoms with E-state index in [0.29, 0.717) is 37.3 Å². The number of imide groups is 1. The molecule has 0 unspecified atom stereocenters. The third-order valence-electron chi connectivity index (χ3n) is 5.16. The Morgan fingerprint density at radius 3 is 2.54 bits per heavy atom. The van der Waals surface area contributed by atoms with Gasteiger partial charge in [-0.15, -0.1) is 0 Å². The molecule has 7 nitrogen and oxygen atoms in total. The predicted octanol–water partition coefficient (Wildman–Crippen LogP) is 1.57. The Balaban J connectivity index is 1.61. The maximum atomic E-state index is 14.0. The van der Waals surface area contributed by atoms with Gasteiger partial charge in [-0.2, -0.15) is 0 Å². The number of nitrogens with one attached hydrogen (secondary N) is 2. The van der Waals surface area contributed by atoms with E-state index in [0.717, 1.165) is 0 Å². The average Bonchev–Trinajstić information content (AvgIpc) is 2.98. The second kappa shape index (κ2) is 6.36. The Kier molecular flexibility index (Phi) is 4.02. The van der Waals surface area contributed by atoms with Gasteiger partial charge < -0.3 is 10.2 Å². The van der Waals surface area contributed by atoms with Crippen molar-refractivity contribution in [2.75, 3.05) is 18.0 Å². The number of carbonyl (C=O) groups excluding carboxylic acids is 2. The highest BCUT2D eigenvalue weighted by Gasteiger charge is 2.53. The molecule has 2 fully saturated rings. The number of hydrogen-bond donors (Lipinski definition) is 2. The number of nitrogens with zero attached hydrogens (tertiary/aromatic N) is 3. The third-order valence-corrected chi connectivity index (χ3v) is 5.16. The number of amides is 3. The van der Waals surface area contributed by atoms with E-state index in [1.165, 1.54) is 6.07 Å². The largest absolute Gasteiger partial charge is 0.354 e. The van der Waals surface area contributed by atoms with Gasteiger partial charge in [-0.1, -0.05) is 6.07 Å². The van der Waals surface area contributed by atoms with E-state index in [9.17, 15) is 14.0 Å². The van der Waals surface area contributed by atoms with Crippen LogP contribution in [-0.2, 0) is 10.3 Å². The van der Waals surface area contributed by atoms with Crippen molar-refractivity contribution < 1.29 is 14.0 Å². The molecule has 0 aliphatic carbocycles. The fourth-order valence-corrected chi connectivity index (χ4v) is 3.93. The minimum atomic E-state index is -1.14. The first-order valence-electron chi connectivity index (χ1n) is 8.51.